The van der Waals surface area contributed by atoms with Crippen LogP contribution in [0, 0.1) is 6.92 Å². The van der Waals surface area contributed by atoms with E-state index in [-0.39, 0.29) is 12.2 Å². The van der Waals surface area contributed by atoms with Gasteiger partial charge in [0.25, 0.3) is 5.56 Å². The Hall–Kier alpha value is -1.36. The summed E-state index contributed by atoms with van der Waals surface area (Å²) in [5.74, 6) is 0.540. The largest absolute Gasteiger partial charge is 0.396 e. The number of aromatic amines is 1. The van der Waals surface area contributed by atoms with Crippen LogP contribution in [-0.4, -0.2) is 21.7 Å². The maximum Gasteiger partial charge on any atom is 0.254 e. The molecule has 0 fully saturated rings. The molecule has 0 unspecified atom stereocenters. The number of aromatic nitrogens is 2. The molecule has 1 aromatic heterocycles. The third kappa shape index (κ3) is 3.39. The fraction of sp³-hybridized carbons (Fsp3) is 0.286. The highest BCUT2D eigenvalue weighted by atomic mass is 35.5. The quantitative estimate of drug-likeness (QED) is 0.911. The molecule has 4 nitrogen and oxygen atoms in total. The first-order valence-corrected chi connectivity index (χ1v) is 6.90. The molecular formula is C14H14Cl2N2O2. The van der Waals surface area contributed by atoms with Crippen LogP contribution >= 0.6 is 23.2 Å². The van der Waals surface area contributed by atoms with Gasteiger partial charge in [0.1, 0.15) is 5.82 Å². The molecule has 0 radical (unpaired) electrons. The van der Waals surface area contributed by atoms with Crippen LogP contribution < -0.4 is 5.56 Å². The monoisotopic (exact) mass is 312 g/mol. The molecule has 1 aromatic carbocycles. The fourth-order valence-electron chi connectivity index (χ4n) is 2.00. The van der Waals surface area contributed by atoms with Gasteiger partial charge in [0.15, 0.2) is 0 Å². The molecule has 0 aliphatic heterocycles. The van der Waals surface area contributed by atoms with E-state index in [0.717, 1.165) is 5.56 Å². The second kappa shape index (κ2) is 6.39. The van der Waals surface area contributed by atoms with Gasteiger partial charge in [-0.2, -0.15) is 0 Å². The molecule has 2 rings (SSSR count). The molecule has 0 bridgehead atoms. The minimum absolute atomic E-state index is 0.0754. The van der Waals surface area contributed by atoms with Gasteiger partial charge in [-0.1, -0.05) is 29.3 Å². The number of aliphatic hydroxyl groups excluding tert-OH is 1. The molecule has 6 heteroatoms. The van der Waals surface area contributed by atoms with E-state index in [4.69, 9.17) is 28.3 Å². The van der Waals surface area contributed by atoms with Crippen molar-refractivity contribution in [2.45, 2.75) is 19.8 Å². The molecule has 2 N–H and O–H groups in total. The van der Waals surface area contributed by atoms with Gasteiger partial charge in [0, 0.05) is 40.8 Å². The summed E-state index contributed by atoms with van der Waals surface area (Å²) >= 11 is 11.9. The van der Waals surface area contributed by atoms with Crippen molar-refractivity contribution >= 4 is 23.2 Å². The average Bonchev–Trinajstić information content (AvgIpc) is 2.37. The summed E-state index contributed by atoms with van der Waals surface area (Å²) in [6, 6.07) is 5.21. The van der Waals surface area contributed by atoms with Crippen molar-refractivity contribution in [2.75, 3.05) is 6.61 Å². The van der Waals surface area contributed by atoms with Crippen LogP contribution in [0.3, 0.4) is 0 Å². The van der Waals surface area contributed by atoms with Crippen LogP contribution in [0.25, 0.3) is 0 Å². The first-order chi connectivity index (χ1) is 9.51. The van der Waals surface area contributed by atoms with Crippen LogP contribution in [0.15, 0.2) is 23.0 Å². The van der Waals surface area contributed by atoms with Crippen LogP contribution in [0.1, 0.15) is 22.6 Å². The van der Waals surface area contributed by atoms with Crippen molar-refractivity contribution in [3.63, 3.8) is 0 Å². The summed E-state index contributed by atoms with van der Waals surface area (Å²) in [5.41, 5.74) is 1.77. The van der Waals surface area contributed by atoms with E-state index in [0.29, 0.717) is 40.0 Å². The smallest absolute Gasteiger partial charge is 0.254 e. The number of benzene rings is 1. The van der Waals surface area contributed by atoms with E-state index in [9.17, 15) is 4.79 Å². The van der Waals surface area contributed by atoms with Crippen molar-refractivity contribution < 1.29 is 5.11 Å². The Labute approximate surface area is 126 Å². The van der Waals surface area contributed by atoms with Crippen LogP contribution in [0.4, 0.5) is 0 Å². The predicted molar refractivity (Wildman–Crippen MR) is 79.7 cm³/mol. The minimum atomic E-state index is -0.216. The highest BCUT2D eigenvalue weighted by molar-refractivity contribution is 6.35. The summed E-state index contributed by atoms with van der Waals surface area (Å²) in [6.45, 7) is 1.68. The van der Waals surface area contributed by atoms with Gasteiger partial charge >= 0.3 is 0 Å². The van der Waals surface area contributed by atoms with E-state index in [1.165, 1.54) is 0 Å². The molecule has 0 aliphatic carbocycles. The number of aliphatic hydroxyl groups is 1. The standard InChI is InChI=1S/C14H14Cl2N2O2/c1-8-11(4-5-19)14(20)18-13(17-8)6-9-2-3-10(15)7-12(9)16/h2-3,7,19H,4-6H2,1H3,(H,17,18,20). The van der Waals surface area contributed by atoms with Crippen molar-refractivity contribution in [2.24, 2.45) is 0 Å². The Morgan fingerprint density at radius 3 is 2.70 bits per heavy atom. The Bertz CT molecular complexity index is 683. The summed E-state index contributed by atoms with van der Waals surface area (Å²) < 4.78 is 0. The molecule has 106 valence electrons. The number of hydrogen-bond acceptors (Lipinski definition) is 3. The Morgan fingerprint density at radius 2 is 2.10 bits per heavy atom. The van der Waals surface area contributed by atoms with Gasteiger partial charge < -0.3 is 10.1 Å². The lowest BCUT2D eigenvalue weighted by atomic mass is 10.1. The van der Waals surface area contributed by atoms with Crippen molar-refractivity contribution in [1.82, 2.24) is 9.97 Å². The molecule has 0 saturated carbocycles. The van der Waals surface area contributed by atoms with E-state index in [2.05, 4.69) is 9.97 Å². The highest BCUT2D eigenvalue weighted by Gasteiger charge is 2.09. The third-order valence-corrected chi connectivity index (χ3v) is 3.59. The number of nitrogens with one attached hydrogen (secondary N) is 1. The zero-order valence-corrected chi connectivity index (χ0v) is 12.4. The van der Waals surface area contributed by atoms with Crippen LogP contribution in [-0.2, 0) is 12.8 Å². The topological polar surface area (TPSA) is 66.0 Å². The van der Waals surface area contributed by atoms with Crippen LogP contribution in [0.2, 0.25) is 10.0 Å². The second-order valence-corrected chi connectivity index (χ2v) is 5.31. The van der Waals surface area contributed by atoms with Gasteiger partial charge in [-0.25, -0.2) is 4.98 Å². The van der Waals surface area contributed by atoms with Crippen molar-refractivity contribution in [1.29, 1.82) is 0 Å². The molecule has 1 heterocycles. The predicted octanol–water partition coefficient (Wildman–Crippen LogP) is 2.51. The average molecular weight is 313 g/mol. The zero-order valence-electron chi connectivity index (χ0n) is 10.9. The highest BCUT2D eigenvalue weighted by Crippen LogP contribution is 2.22. The molecule has 0 atom stereocenters. The fourth-order valence-corrected chi connectivity index (χ4v) is 2.48. The Kier molecular flexibility index (Phi) is 4.81. The van der Waals surface area contributed by atoms with Crippen molar-refractivity contribution in [3.8, 4) is 0 Å². The zero-order chi connectivity index (χ0) is 14.7. The number of aryl methyl sites for hydroxylation is 1. The third-order valence-electron chi connectivity index (χ3n) is 3.01. The van der Waals surface area contributed by atoms with E-state index in [1.54, 1.807) is 19.1 Å². The van der Waals surface area contributed by atoms with E-state index in [1.807, 2.05) is 6.07 Å². The molecular weight excluding hydrogens is 299 g/mol. The molecule has 0 amide bonds. The number of hydrogen-bond donors (Lipinski definition) is 2. The first kappa shape index (κ1) is 15.0. The Morgan fingerprint density at radius 1 is 1.35 bits per heavy atom. The van der Waals surface area contributed by atoms with E-state index >= 15 is 0 Å². The second-order valence-electron chi connectivity index (χ2n) is 4.46. The van der Waals surface area contributed by atoms with Crippen molar-refractivity contribution in [3.05, 3.63) is 61.2 Å². The summed E-state index contributed by atoms with van der Waals surface area (Å²) in [5, 5.41) is 10.0. The molecule has 0 spiro atoms. The normalized spacial score (nSPS) is 10.8. The maximum atomic E-state index is 11.9. The van der Waals surface area contributed by atoms with Crippen LogP contribution in [0.5, 0.6) is 0 Å². The lowest BCUT2D eigenvalue weighted by Crippen LogP contribution is -2.20. The SMILES string of the molecule is Cc1nc(Cc2ccc(Cl)cc2Cl)[nH]c(=O)c1CCO. The number of halogens is 2. The van der Waals surface area contributed by atoms with Gasteiger partial charge in [-0.05, 0) is 24.6 Å². The number of rotatable bonds is 4. The van der Waals surface area contributed by atoms with Gasteiger partial charge in [0.05, 0.1) is 0 Å². The number of H-pyrrole nitrogens is 1. The summed E-state index contributed by atoms with van der Waals surface area (Å²) in [7, 11) is 0. The van der Waals surface area contributed by atoms with Gasteiger partial charge in [-0.3, -0.25) is 4.79 Å². The van der Waals surface area contributed by atoms with Gasteiger partial charge in [0.2, 0.25) is 0 Å². The molecule has 2 aromatic rings. The Balaban J connectivity index is 2.33. The molecule has 0 aliphatic rings. The van der Waals surface area contributed by atoms with Gasteiger partial charge in [-0.15, -0.1) is 0 Å². The molecule has 0 saturated heterocycles. The summed E-state index contributed by atoms with van der Waals surface area (Å²) in [4.78, 5) is 19.0. The first-order valence-electron chi connectivity index (χ1n) is 6.14. The lowest BCUT2D eigenvalue weighted by molar-refractivity contribution is 0.298. The number of nitrogens with zero attached hydrogens (tertiary/aromatic N) is 1. The lowest BCUT2D eigenvalue weighted by Gasteiger charge is -2.08. The minimum Gasteiger partial charge on any atom is -0.396 e. The summed E-state index contributed by atoms with van der Waals surface area (Å²) in [6.07, 6.45) is 0.724. The van der Waals surface area contributed by atoms with E-state index < -0.39 is 0 Å². The molecule has 20 heavy (non-hydrogen) atoms. The maximum absolute atomic E-state index is 11.9.